The first kappa shape index (κ1) is 20.8. The van der Waals surface area contributed by atoms with E-state index in [2.05, 4.69) is 15.4 Å². The van der Waals surface area contributed by atoms with Crippen molar-refractivity contribution in [3.8, 4) is 0 Å². The number of rotatable bonds is 6. The van der Waals surface area contributed by atoms with Crippen molar-refractivity contribution in [1.82, 2.24) is 20.3 Å². The molecule has 0 unspecified atom stereocenters. The van der Waals surface area contributed by atoms with Gasteiger partial charge in [-0.25, -0.2) is 4.79 Å². The molecule has 0 aliphatic carbocycles. The van der Waals surface area contributed by atoms with E-state index in [0.29, 0.717) is 15.7 Å². The number of nitrogens with two attached hydrogens (primary N) is 1. The molecule has 32 heavy (non-hydrogen) atoms. The maximum atomic E-state index is 13.6. The molecule has 162 valence electrons. The number of fused-ring (bicyclic) bond motifs is 1. The van der Waals surface area contributed by atoms with E-state index >= 15 is 0 Å². The lowest BCUT2D eigenvalue weighted by atomic mass is 10.0. The lowest BCUT2D eigenvalue weighted by Crippen LogP contribution is -2.68. The number of hydrogen-bond donors (Lipinski definition) is 2. The third kappa shape index (κ3) is 3.81. The summed E-state index contributed by atoms with van der Waals surface area (Å²) in [6, 6.07) is 18.4. The number of nitrogens with zero attached hydrogens (tertiary/aromatic N) is 3. The molecule has 1 fully saturated rings. The van der Waals surface area contributed by atoms with Gasteiger partial charge in [-0.05, 0) is 11.1 Å². The van der Waals surface area contributed by atoms with Crippen LogP contribution in [0.15, 0.2) is 82.5 Å². The van der Waals surface area contributed by atoms with Crippen LogP contribution in [0.4, 0.5) is 0 Å². The molecule has 3 N–H and O–H groups in total. The molecule has 2 aromatic carbocycles. The number of thioether (sulfide) groups is 2. The van der Waals surface area contributed by atoms with Gasteiger partial charge in [0.2, 0.25) is 5.91 Å². The van der Waals surface area contributed by atoms with Crippen LogP contribution in [-0.2, 0) is 14.3 Å². The van der Waals surface area contributed by atoms with E-state index in [9.17, 15) is 9.59 Å². The smallest absolute Gasteiger partial charge is 0.356 e. The number of hydrogen-bond acceptors (Lipinski definition) is 8. The molecule has 1 saturated heterocycles. The van der Waals surface area contributed by atoms with Gasteiger partial charge in [0.15, 0.2) is 6.10 Å². The Kier molecular flexibility index (Phi) is 5.73. The van der Waals surface area contributed by atoms with Gasteiger partial charge < -0.3 is 10.5 Å². The van der Waals surface area contributed by atoms with E-state index in [1.807, 2.05) is 60.7 Å². The van der Waals surface area contributed by atoms with Gasteiger partial charge in [0.25, 0.3) is 0 Å². The van der Waals surface area contributed by atoms with E-state index < -0.39 is 18.1 Å². The van der Waals surface area contributed by atoms with Gasteiger partial charge in [-0.3, -0.25) is 14.8 Å². The van der Waals surface area contributed by atoms with Crippen molar-refractivity contribution in [1.29, 1.82) is 0 Å². The number of benzene rings is 2. The number of aromatic nitrogens is 3. The average molecular weight is 466 g/mol. The van der Waals surface area contributed by atoms with Crippen molar-refractivity contribution in [2.75, 3.05) is 5.75 Å². The van der Waals surface area contributed by atoms with E-state index in [0.717, 1.165) is 11.1 Å². The molecule has 5 rings (SSSR count). The molecule has 0 saturated carbocycles. The zero-order valence-electron chi connectivity index (χ0n) is 16.8. The lowest BCUT2D eigenvalue weighted by Gasteiger charge is -2.48. The number of carbonyl (C=O) groups excluding carboxylic acids is 2. The summed E-state index contributed by atoms with van der Waals surface area (Å²) in [6.07, 6.45) is 0.952. The second-order valence-electron chi connectivity index (χ2n) is 7.24. The average Bonchev–Trinajstić information content (AvgIpc) is 3.36. The topological polar surface area (TPSA) is 114 Å². The molecule has 2 aliphatic rings. The van der Waals surface area contributed by atoms with Crippen LogP contribution in [0.3, 0.4) is 0 Å². The van der Waals surface area contributed by atoms with E-state index in [1.165, 1.54) is 28.4 Å². The van der Waals surface area contributed by atoms with Crippen LogP contribution < -0.4 is 5.73 Å². The molecule has 0 radical (unpaired) electrons. The first-order valence-corrected chi connectivity index (χ1v) is 11.8. The number of aromatic amines is 1. The molecule has 3 aromatic rings. The molecule has 3 heterocycles. The molecule has 2 aliphatic heterocycles. The lowest BCUT2D eigenvalue weighted by molar-refractivity contribution is -0.152. The first-order valence-electron chi connectivity index (χ1n) is 9.91. The maximum Gasteiger partial charge on any atom is 0.356 e. The number of amides is 1. The van der Waals surface area contributed by atoms with Crippen molar-refractivity contribution < 1.29 is 14.3 Å². The highest BCUT2D eigenvalue weighted by atomic mass is 32.2. The predicted octanol–water partition coefficient (Wildman–Crippen LogP) is 2.68. The number of esters is 1. The molecule has 8 nitrogen and oxygen atoms in total. The minimum atomic E-state index is -0.623. The van der Waals surface area contributed by atoms with Crippen molar-refractivity contribution >= 4 is 35.4 Å². The highest BCUT2D eigenvalue weighted by molar-refractivity contribution is 8.06. The van der Waals surface area contributed by atoms with Gasteiger partial charge in [0, 0.05) is 10.7 Å². The van der Waals surface area contributed by atoms with Crippen LogP contribution >= 0.6 is 23.5 Å². The van der Waals surface area contributed by atoms with Gasteiger partial charge in [-0.15, -0.1) is 16.9 Å². The summed E-state index contributed by atoms with van der Waals surface area (Å²) in [4.78, 5) is 28.3. The normalized spacial score (nSPS) is 20.2. The third-order valence-electron chi connectivity index (χ3n) is 5.22. The summed E-state index contributed by atoms with van der Waals surface area (Å²) >= 11 is 2.84. The molecule has 10 heteroatoms. The Labute approximate surface area is 192 Å². The van der Waals surface area contributed by atoms with Crippen molar-refractivity contribution in [3.05, 3.63) is 88.6 Å². The fourth-order valence-corrected chi connectivity index (χ4v) is 5.98. The summed E-state index contributed by atoms with van der Waals surface area (Å²) in [5.74, 6) is -0.327. The molecular weight excluding hydrogens is 446 g/mol. The summed E-state index contributed by atoms with van der Waals surface area (Å²) in [7, 11) is 0. The maximum absolute atomic E-state index is 13.6. The number of H-pyrrole nitrogens is 1. The molecule has 2 atom stereocenters. The standard InChI is InChI=1S/C22H19N5O3S2/c23-17-20(28)27-18(15(12-31-21(17)27)32-16-11-24-26-25-16)22(29)30-19(13-7-3-1-4-8-13)14-9-5-2-6-10-14/h1-11,17,19,21H,12,23H2,(H,24,25,26)/t17-,21+/m1/s1. The van der Waals surface area contributed by atoms with Gasteiger partial charge in [-0.1, -0.05) is 77.6 Å². The van der Waals surface area contributed by atoms with Crippen LogP contribution in [0.1, 0.15) is 17.2 Å². The van der Waals surface area contributed by atoms with Crippen LogP contribution in [-0.4, -0.2) is 49.4 Å². The highest BCUT2D eigenvalue weighted by Gasteiger charge is 2.52. The Bertz CT molecular complexity index is 1120. The van der Waals surface area contributed by atoms with Crippen molar-refractivity contribution in [3.63, 3.8) is 0 Å². The van der Waals surface area contributed by atoms with Crippen LogP contribution in [0.25, 0.3) is 0 Å². The quantitative estimate of drug-likeness (QED) is 0.422. The van der Waals surface area contributed by atoms with Crippen LogP contribution in [0, 0.1) is 0 Å². The van der Waals surface area contributed by atoms with Gasteiger partial charge in [0.1, 0.15) is 22.1 Å². The number of carbonyl (C=O) groups is 2. The van der Waals surface area contributed by atoms with E-state index in [4.69, 9.17) is 10.5 Å². The summed E-state index contributed by atoms with van der Waals surface area (Å²) in [6.45, 7) is 0. The van der Waals surface area contributed by atoms with Crippen LogP contribution in [0.5, 0.6) is 0 Å². The SMILES string of the molecule is N[C@@H]1C(=O)N2C(C(=O)OC(c3ccccc3)c3ccccc3)=C(Sc3cnn[nH]3)CS[C@@H]12. The highest BCUT2D eigenvalue weighted by Crippen LogP contribution is 2.45. The fourth-order valence-electron chi connectivity index (χ4n) is 3.67. The third-order valence-corrected chi connectivity index (χ3v) is 7.71. The summed E-state index contributed by atoms with van der Waals surface area (Å²) < 4.78 is 6.05. The largest absolute Gasteiger partial charge is 0.448 e. The molecule has 1 amide bonds. The molecule has 0 bridgehead atoms. The second-order valence-corrected chi connectivity index (χ2v) is 9.48. The minimum Gasteiger partial charge on any atom is -0.448 e. The van der Waals surface area contributed by atoms with Crippen molar-refractivity contribution in [2.24, 2.45) is 5.73 Å². The summed E-state index contributed by atoms with van der Waals surface area (Å²) in [5, 5.41) is 10.7. The summed E-state index contributed by atoms with van der Waals surface area (Å²) in [5.41, 5.74) is 7.90. The fraction of sp³-hybridized carbons (Fsp3) is 0.182. The second kappa shape index (κ2) is 8.81. The predicted molar refractivity (Wildman–Crippen MR) is 121 cm³/mol. The van der Waals surface area contributed by atoms with Gasteiger partial charge in [0.05, 0.1) is 6.20 Å². The van der Waals surface area contributed by atoms with Gasteiger partial charge in [-0.2, -0.15) is 0 Å². The Morgan fingerprint density at radius 3 is 2.41 bits per heavy atom. The molecular formula is C22H19N5O3S2. The van der Waals surface area contributed by atoms with E-state index in [-0.39, 0.29) is 17.0 Å². The zero-order chi connectivity index (χ0) is 22.1. The molecule has 0 spiro atoms. The monoisotopic (exact) mass is 465 g/mol. The Hall–Kier alpha value is -3.08. The Morgan fingerprint density at radius 1 is 1.16 bits per heavy atom. The number of ether oxygens (including phenoxy) is 1. The van der Waals surface area contributed by atoms with Crippen molar-refractivity contribution in [2.45, 2.75) is 22.5 Å². The molecule has 1 aromatic heterocycles. The Morgan fingerprint density at radius 2 is 1.81 bits per heavy atom. The number of nitrogens with one attached hydrogen (secondary N) is 1. The Balaban J connectivity index is 1.51. The first-order chi connectivity index (χ1) is 15.6. The zero-order valence-corrected chi connectivity index (χ0v) is 18.4. The van der Waals surface area contributed by atoms with E-state index in [1.54, 1.807) is 6.20 Å². The van der Waals surface area contributed by atoms with Crippen LogP contribution in [0.2, 0.25) is 0 Å². The number of β-lactam (4-membered cyclic amide) rings is 1. The minimum absolute atomic E-state index is 0.233. The van der Waals surface area contributed by atoms with Gasteiger partial charge >= 0.3 is 5.97 Å².